The summed E-state index contributed by atoms with van der Waals surface area (Å²) in [5.74, 6) is 0.938. The lowest BCUT2D eigenvalue weighted by molar-refractivity contribution is 0.0699. The van der Waals surface area contributed by atoms with Crippen LogP contribution in [0.5, 0.6) is 0 Å². The Balaban J connectivity index is 1.49. The van der Waals surface area contributed by atoms with Crippen molar-refractivity contribution in [2.45, 2.75) is 50.6 Å². The Hall–Kier alpha value is -1.89. The molecule has 1 aromatic carbocycles. The van der Waals surface area contributed by atoms with E-state index in [2.05, 4.69) is 15.6 Å². The van der Waals surface area contributed by atoms with E-state index in [1.807, 2.05) is 12.1 Å². The summed E-state index contributed by atoms with van der Waals surface area (Å²) in [7, 11) is 0. The highest BCUT2D eigenvalue weighted by atomic mass is 35.5. The molecule has 1 saturated heterocycles. The molecule has 2 fully saturated rings. The SMILES string of the molecule is NC1CCC(Nc2cc(-c3cccc(NCC4CCOCC4)c3F)c(Cl)cn2)CC1. The summed E-state index contributed by atoms with van der Waals surface area (Å²) in [6, 6.07) is 7.87. The van der Waals surface area contributed by atoms with Crippen LogP contribution in [0.15, 0.2) is 30.5 Å². The Morgan fingerprint density at radius 1 is 1.10 bits per heavy atom. The number of rotatable bonds is 6. The summed E-state index contributed by atoms with van der Waals surface area (Å²) in [4.78, 5) is 4.40. The van der Waals surface area contributed by atoms with Crippen molar-refractivity contribution in [3.05, 3.63) is 41.3 Å². The third-order valence-electron chi connectivity index (χ3n) is 6.19. The minimum absolute atomic E-state index is 0.285. The molecule has 4 N–H and O–H groups in total. The first-order valence-corrected chi connectivity index (χ1v) is 11.3. The molecule has 0 bridgehead atoms. The number of anilines is 2. The van der Waals surface area contributed by atoms with Crippen LogP contribution in [0.25, 0.3) is 11.1 Å². The fraction of sp³-hybridized carbons (Fsp3) is 0.522. The number of halogens is 2. The zero-order valence-electron chi connectivity index (χ0n) is 17.2. The van der Waals surface area contributed by atoms with Gasteiger partial charge in [0.25, 0.3) is 0 Å². The summed E-state index contributed by atoms with van der Waals surface area (Å²) < 4.78 is 20.7. The van der Waals surface area contributed by atoms with E-state index in [4.69, 9.17) is 22.1 Å². The molecule has 0 radical (unpaired) electrons. The van der Waals surface area contributed by atoms with E-state index in [0.29, 0.717) is 39.8 Å². The van der Waals surface area contributed by atoms with Crippen LogP contribution < -0.4 is 16.4 Å². The summed E-state index contributed by atoms with van der Waals surface area (Å²) in [6.45, 7) is 2.30. The van der Waals surface area contributed by atoms with Crippen molar-refractivity contribution in [1.29, 1.82) is 0 Å². The Labute approximate surface area is 182 Å². The second-order valence-electron chi connectivity index (χ2n) is 8.41. The molecule has 0 atom stereocenters. The quantitative estimate of drug-likeness (QED) is 0.595. The maximum Gasteiger partial charge on any atom is 0.154 e. The van der Waals surface area contributed by atoms with Crippen molar-refractivity contribution in [1.82, 2.24) is 4.98 Å². The van der Waals surface area contributed by atoms with Gasteiger partial charge in [0.05, 0.1) is 10.7 Å². The molecule has 1 aliphatic carbocycles. The summed E-state index contributed by atoms with van der Waals surface area (Å²) in [5.41, 5.74) is 7.63. The van der Waals surface area contributed by atoms with Gasteiger partial charge in [0.1, 0.15) is 5.82 Å². The standard InChI is InChI=1S/C23H30ClFN4O/c24-20-14-28-22(29-17-6-4-16(26)5-7-17)12-19(20)18-2-1-3-21(23(18)25)27-13-15-8-10-30-11-9-15/h1-3,12,14-17,27H,4-11,13,26H2,(H,28,29). The van der Waals surface area contributed by atoms with Gasteiger partial charge in [-0.2, -0.15) is 0 Å². The molecule has 2 aromatic rings. The van der Waals surface area contributed by atoms with Crippen LogP contribution in [-0.4, -0.2) is 36.8 Å². The predicted molar refractivity (Wildman–Crippen MR) is 121 cm³/mol. The predicted octanol–water partition coefficient (Wildman–Crippen LogP) is 5.06. The highest BCUT2D eigenvalue weighted by molar-refractivity contribution is 6.33. The van der Waals surface area contributed by atoms with Crippen molar-refractivity contribution in [2.75, 3.05) is 30.4 Å². The topological polar surface area (TPSA) is 72.2 Å². The Kier molecular flexibility index (Phi) is 7.08. The third-order valence-corrected chi connectivity index (χ3v) is 6.49. The third kappa shape index (κ3) is 5.23. The largest absolute Gasteiger partial charge is 0.382 e. The molecular formula is C23H30ClFN4O. The molecule has 1 aromatic heterocycles. The van der Waals surface area contributed by atoms with Crippen LogP contribution in [0.3, 0.4) is 0 Å². The van der Waals surface area contributed by atoms with Gasteiger partial charge in [-0.25, -0.2) is 9.37 Å². The molecular weight excluding hydrogens is 403 g/mol. The van der Waals surface area contributed by atoms with Crippen LogP contribution in [0.1, 0.15) is 38.5 Å². The van der Waals surface area contributed by atoms with Crippen molar-refractivity contribution >= 4 is 23.1 Å². The molecule has 5 nitrogen and oxygen atoms in total. The highest BCUT2D eigenvalue weighted by Gasteiger charge is 2.20. The first-order valence-electron chi connectivity index (χ1n) is 10.9. The Morgan fingerprint density at radius 3 is 2.63 bits per heavy atom. The van der Waals surface area contributed by atoms with Crippen molar-refractivity contribution in [2.24, 2.45) is 11.7 Å². The zero-order valence-corrected chi connectivity index (χ0v) is 17.9. The minimum atomic E-state index is -0.285. The van der Waals surface area contributed by atoms with Crippen LogP contribution in [0.4, 0.5) is 15.9 Å². The fourth-order valence-corrected chi connectivity index (χ4v) is 4.48. The lowest BCUT2D eigenvalue weighted by Gasteiger charge is -2.27. The maximum absolute atomic E-state index is 15.3. The number of nitrogens with two attached hydrogens (primary N) is 1. The van der Waals surface area contributed by atoms with Crippen LogP contribution >= 0.6 is 11.6 Å². The van der Waals surface area contributed by atoms with Gasteiger partial charge in [0.2, 0.25) is 0 Å². The Morgan fingerprint density at radius 2 is 1.87 bits per heavy atom. The van der Waals surface area contributed by atoms with Gasteiger partial charge in [-0.3, -0.25) is 0 Å². The number of pyridine rings is 1. The number of ether oxygens (including phenoxy) is 1. The summed E-state index contributed by atoms with van der Waals surface area (Å²) in [5, 5.41) is 7.18. The van der Waals surface area contributed by atoms with Crippen molar-refractivity contribution in [3.63, 3.8) is 0 Å². The molecule has 162 valence electrons. The zero-order chi connectivity index (χ0) is 20.9. The molecule has 0 unspecified atom stereocenters. The minimum Gasteiger partial charge on any atom is -0.382 e. The lowest BCUT2D eigenvalue weighted by atomic mass is 9.92. The second-order valence-corrected chi connectivity index (χ2v) is 8.82. The second kappa shape index (κ2) is 9.94. The first-order chi connectivity index (χ1) is 14.6. The number of nitrogens with zero attached hydrogens (tertiary/aromatic N) is 1. The normalized spacial score (nSPS) is 22.6. The average Bonchev–Trinajstić information content (AvgIpc) is 2.77. The van der Waals surface area contributed by atoms with E-state index in [-0.39, 0.29) is 5.82 Å². The summed E-state index contributed by atoms with van der Waals surface area (Å²) >= 11 is 6.41. The van der Waals surface area contributed by atoms with E-state index >= 15 is 4.39 Å². The number of nitrogens with one attached hydrogen (secondary N) is 2. The fourth-order valence-electron chi connectivity index (χ4n) is 4.28. The molecule has 30 heavy (non-hydrogen) atoms. The van der Waals surface area contributed by atoms with E-state index in [0.717, 1.165) is 64.1 Å². The molecule has 4 rings (SSSR count). The molecule has 2 heterocycles. The van der Waals surface area contributed by atoms with Crippen molar-refractivity contribution in [3.8, 4) is 11.1 Å². The van der Waals surface area contributed by atoms with Crippen LogP contribution in [0.2, 0.25) is 5.02 Å². The van der Waals surface area contributed by atoms with Gasteiger partial charge >= 0.3 is 0 Å². The highest BCUT2D eigenvalue weighted by Crippen LogP contribution is 2.34. The summed E-state index contributed by atoms with van der Waals surface area (Å²) in [6.07, 6.45) is 7.65. The van der Waals surface area contributed by atoms with E-state index in [1.54, 1.807) is 18.3 Å². The molecule has 0 spiro atoms. The van der Waals surface area contributed by atoms with Crippen molar-refractivity contribution < 1.29 is 9.13 Å². The Bertz CT molecular complexity index is 851. The molecule has 2 aliphatic rings. The number of benzene rings is 1. The molecule has 0 amide bonds. The average molecular weight is 433 g/mol. The maximum atomic E-state index is 15.3. The van der Waals surface area contributed by atoms with Gasteiger partial charge < -0.3 is 21.1 Å². The monoisotopic (exact) mass is 432 g/mol. The number of hydrogen-bond donors (Lipinski definition) is 3. The van der Waals surface area contributed by atoms with E-state index in [1.165, 1.54) is 0 Å². The van der Waals surface area contributed by atoms with Gasteiger partial charge in [0, 0.05) is 49.2 Å². The van der Waals surface area contributed by atoms with Gasteiger partial charge in [0.15, 0.2) is 5.82 Å². The molecule has 1 aliphatic heterocycles. The van der Waals surface area contributed by atoms with Crippen LogP contribution in [-0.2, 0) is 4.74 Å². The van der Waals surface area contributed by atoms with Gasteiger partial charge in [-0.15, -0.1) is 0 Å². The first kappa shape index (κ1) is 21.3. The lowest BCUT2D eigenvalue weighted by Crippen LogP contribution is -2.33. The van der Waals surface area contributed by atoms with Gasteiger partial charge in [-0.05, 0) is 56.6 Å². The smallest absolute Gasteiger partial charge is 0.154 e. The molecule has 1 saturated carbocycles. The molecule has 7 heteroatoms. The number of hydrogen-bond acceptors (Lipinski definition) is 5. The van der Waals surface area contributed by atoms with E-state index in [9.17, 15) is 0 Å². The van der Waals surface area contributed by atoms with E-state index < -0.39 is 0 Å². The number of aromatic nitrogens is 1. The van der Waals surface area contributed by atoms with Gasteiger partial charge in [-0.1, -0.05) is 23.7 Å². The van der Waals surface area contributed by atoms with Crippen LogP contribution in [0, 0.1) is 11.7 Å².